The zero-order chi connectivity index (χ0) is 15.0. The minimum atomic E-state index is -0.234. The third-order valence-electron chi connectivity index (χ3n) is 4.23. The van der Waals surface area contributed by atoms with Crippen molar-refractivity contribution in [2.45, 2.75) is 23.8 Å². The van der Waals surface area contributed by atoms with Gasteiger partial charge in [0.1, 0.15) is 6.33 Å². The third-order valence-corrected chi connectivity index (χ3v) is 5.46. The van der Waals surface area contributed by atoms with Crippen molar-refractivity contribution >= 4 is 23.7 Å². The summed E-state index contributed by atoms with van der Waals surface area (Å²) in [5.74, 6) is -0.668. The third kappa shape index (κ3) is 2.52. The molecule has 2 saturated carbocycles. The maximum atomic E-state index is 12.1. The Hall–Kier alpha value is -1.57. The smallest absolute Gasteiger partial charge is 0.309 e. The molecule has 0 amide bonds. The number of H-pyrrole nitrogens is 1. The second-order valence-electron chi connectivity index (χ2n) is 5.24. The quantitative estimate of drug-likeness (QED) is 0.807. The topological polar surface area (TPSA) is 94.2 Å². The van der Waals surface area contributed by atoms with Gasteiger partial charge in [0.05, 0.1) is 25.6 Å². The normalized spacial score (nSPS) is 33.3. The minimum absolute atomic E-state index is 0.0388. The van der Waals surface area contributed by atoms with E-state index in [4.69, 9.17) is 9.47 Å². The molecule has 0 aliphatic heterocycles. The van der Waals surface area contributed by atoms with Crippen LogP contribution < -0.4 is 0 Å². The molecule has 3 rings (SSSR count). The van der Waals surface area contributed by atoms with Crippen LogP contribution in [-0.4, -0.2) is 46.1 Å². The average Bonchev–Trinajstić information content (AvgIpc) is 2.83. The van der Waals surface area contributed by atoms with Gasteiger partial charge in [-0.15, -0.1) is 0 Å². The van der Waals surface area contributed by atoms with Crippen molar-refractivity contribution in [2.24, 2.45) is 23.7 Å². The molecule has 5 atom stereocenters. The van der Waals surface area contributed by atoms with Crippen molar-refractivity contribution in [3.63, 3.8) is 0 Å². The highest BCUT2D eigenvalue weighted by atomic mass is 32.2. The van der Waals surface area contributed by atoms with E-state index in [1.54, 1.807) is 6.92 Å². The molecule has 1 aromatic rings. The Morgan fingerprint density at radius 2 is 2.24 bits per heavy atom. The summed E-state index contributed by atoms with van der Waals surface area (Å²) in [6.07, 6.45) is 2.15. The summed E-state index contributed by atoms with van der Waals surface area (Å²) in [5.41, 5.74) is 0. The number of thioether (sulfide) groups is 1. The molecule has 2 aliphatic carbocycles. The molecule has 1 aromatic heterocycles. The van der Waals surface area contributed by atoms with Gasteiger partial charge < -0.3 is 9.47 Å². The number of nitrogens with zero attached hydrogens (tertiary/aromatic N) is 2. The molecular formula is C13H17N3O4S. The van der Waals surface area contributed by atoms with Crippen molar-refractivity contribution in [3.05, 3.63) is 6.33 Å². The van der Waals surface area contributed by atoms with E-state index < -0.39 is 0 Å². The molecular weight excluding hydrogens is 294 g/mol. The fourth-order valence-electron chi connectivity index (χ4n) is 3.40. The standard InChI is InChI=1S/C13H17N3O4S/c1-3-20-11(17)6-4-7(21-13-14-5-15-16-13)9-8(6)10(9)12(18)19-2/h5-10H,3-4H2,1-2H3,(H,14,15,16). The summed E-state index contributed by atoms with van der Waals surface area (Å²) < 4.78 is 9.98. The lowest BCUT2D eigenvalue weighted by atomic mass is 10.00. The lowest BCUT2D eigenvalue weighted by molar-refractivity contribution is -0.149. The Balaban J connectivity index is 1.74. The SMILES string of the molecule is CCOC(=O)C1CC(Sc2ncn[nH]2)C2C(C(=O)OC)C12. The predicted octanol–water partition coefficient (Wildman–Crippen LogP) is 0.884. The van der Waals surface area contributed by atoms with Gasteiger partial charge in [-0.1, -0.05) is 11.8 Å². The molecule has 2 fully saturated rings. The van der Waals surface area contributed by atoms with Crippen LogP contribution in [0.2, 0.25) is 0 Å². The number of ether oxygens (including phenoxy) is 2. The number of nitrogens with one attached hydrogen (secondary N) is 1. The molecule has 0 radical (unpaired) electrons. The lowest BCUT2D eigenvalue weighted by Gasteiger charge is -2.16. The van der Waals surface area contributed by atoms with Gasteiger partial charge in [-0.05, 0) is 25.2 Å². The van der Waals surface area contributed by atoms with E-state index in [0.29, 0.717) is 18.2 Å². The highest BCUT2D eigenvalue weighted by Crippen LogP contribution is 2.64. The largest absolute Gasteiger partial charge is 0.469 e. The minimum Gasteiger partial charge on any atom is -0.469 e. The number of hydrogen-bond donors (Lipinski definition) is 1. The van der Waals surface area contributed by atoms with E-state index >= 15 is 0 Å². The number of fused-ring (bicyclic) bond motifs is 1. The first-order chi connectivity index (χ1) is 10.2. The summed E-state index contributed by atoms with van der Waals surface area (Å²) in [4.78, 5) is 28.0. The Labute approximate surface area is 126 Å². The van der Waals surface area contributed by atoms with E-state index in [9.17, 15) is 9.59 Å². The first kappa shape index (κ1) is 14.4. The Morgan fingerprint density at radius 3 is 2.86 bits per heavy atom. The monoisotopic (exact) mass is 311 g/mol. The van der Waals surface area contributed by atoms with Crippen molar-refractivity contribution in [3.8, 4) is 0 Å². The first-order valence-corrected chi connectivity index (χ1v) is 7.81. The molecule has 0 bridgehead atoms. The van der Waals surface area contributed by atoms with Crippen LogP contribution in [-0.2, 0) is 19.1 Å². The summed E-state index contributed by atoms with van der Waals surface area (Å²) >= 11 is 1.53. The van der Waals surface area contributed by atoms with E-state index in [0.717, 1.165) is 0 Å². The number of esters is 2. The van der Waals surface area contributed by atoms with Gasteiger partial charge in [0.15, 0.2) is 5.16 Å². The highest BCUT2D eigenvalue weighted by Gasteiger charge is 2.68. The van der Waals surface area contributed by atoms with Crippen LogP contribution >= 0.6 is 11.8 Å². The number of hydrogen-bond acceptors (Lipinski definition) is 7. The van der Waals surface area contributed by atoms with Crippen LogP contribution in [0.3, 0.4) is 0 Å². The van der Waals surface area contributed by atoms with Crippen molar-refractivity contribution in [2.75, 3.05) is 13.7 Å². The molecule has 0 spiro atoms. The number of aromatic nitrogens is 3. The highest BCUT2D eigenvalue weighted by molar-refractivity contribution is 7.99. The number of aromatic amines is 1. The summed E-state index contributed by atoms with van der Waals surface area (Å²) in [7, 11) is 1.38. The van der Waals surface area contributed by atoms with Crippen LogP contribution in [0.25, 0.3) is 0 Å². The van der Waals surface area contributed by atoms with Crippen LogP contribution in [0.1, 0.15) is 13.3 Å². The summed E-state index contributed by atoms with van der Waals surface area (Å²) in [5, 5.41) is 7.48. The van der Waals surface area contributed by atoms with Crippen LogP contribution in [0.15, 0.2) is 11.5 Å². The van der Waals surface area contributed by atoms with Crippen molar-refractivity contribution in [1.29, 1.82) is 0 Å². The summed E-state index contributed by atoms with van der Waals surface area (Å²) in [6.45, 7) is 2.14. The first-order valence-electron chi connectivity index (χ1n) is 6.93. The molecule has 5 unspecified atom stereocenters. The number of methoxy groups -OCH3 is 1. The van der Waals surface area contributed by atoms with E-state index in [2.05, 4.69) is 15.2 Å². The Morgan fingerprint density at radius 1 is 1.43 bits per heavy atom. The van der Waals surface area contributed by atoms with Gasteiger partial charge >= 0.3 is 11.9 Å². The van der Waals surface area contributed by atoms with Gasteiger partial charge in [-0.25, -0.2) is 4.98 Å². The number of carbonyl (C=O) groups excluding carboxylic acids is 2. The van der Waals surface area contributed by atoms with Gasteiger partial charge in [0, 0.05) is 5.25 Å². The molecule has 8 heteroatoms. The average molecular weight is 311 g/mol. The Kier molecular flexibility index (Phi) is 3.88. The lowest BCUT2D eigenvalue weighted by Crippen LogP contribution is -2.23. The Bertz CT molecular complexity index is 536. The number of rotatable bonds is 5. The molecule has 1 N–H and O–H groups in total. The second-order valence-corrected chi connectivity index (χ2v) is 6.47. The van der Waals surface area contributed by atoms with E-state index in [-0.39, 0.29) is 40.9 Å². The summed E-state index contributed by atoms with van der Waals surface area (Å²) in [6, 6.07) is 0. The predicted molar refractivity (Wildman–Crippen MR) is 73.3 cm³/mol. The van der Waals surface area contributed by atoms with E-state index in [1.807, 2.05) is 0 Å². The van der Waals surface area contributed by atoms with Crippen molar-refractivity contribution < 1.29 is 19.1 Å². The van der Waals surface area contributed by atoms with Gasteiger partial charge in [-0.3, -0.25) is 14.7 Å². The molecule has 2 aliphatic rings. The fraction of sp³-hybridized carbons (Fsp3) is 0.692. The molecule has 1 heterocycles. The molecule has 0 saturated heterocycles. The van der Waals surface area contributed by atoms with Crippen LogP contribution in [0.5, 0.6) is 0 Å². The van der Waals surface area contributed by atoms with Crippen LogP contribution in [0.4, 0.5) is 0 Å². The molecule has 7 nitrogen and oxygen atoms in total. The van der Waals surface area contributed by atoms with Crippen molar-refractivity contribution in [1.82, 2.24) is 15.2 Å². The zero-order valence-corrected chi connectivity index (χ0v) is 12.6. The maximum absolute atomic E-state index is 12.1. The van der Waals surface area contributed by atoms with Crippen LogP contribution in [0, 0.1) is 23.7 Å². The zero-order valence-electron chi connectivity index (χ0n) is 11.8. The second kappa shape index (κ2) is 5.67. The van der Waals surface area contributed by atoms with Gasteiger partial charge in [0.25, 0.3) is 0 Å². The maximum Gasteiger partial charge on any atom is 0.309 e. The van der Waals surface area contributed by atoms with Gasteiger partial charge in [-0.2, -0.15) is 5.10 Å². The fourth-order valence-corrected chi connectivity index (χ4v) is 4.71. The molecule has 21 heavy (non-hydrogen) atoms. The number of carbonyl (C=O) groups is 2. The molecule has 114 valence electrons. The van der Waals surface area contributed by atoms with Gasteiger partial charge in [0.2, 0.25) is 0 Å². The molecule has 0 aromatic carbocycles. The van der Waals surface area contributed by atoms with E-state index in [1.165, 1.54) is 25.2 Å².